The lowest BCUT2D eigenvalue weighted by atomic mass is 9.71. The van der Waals surface area contributed by atoms with Crippen molar-refractivity contribution in [2.24, 2.45) is 23.7 Å². The first-order valence-electron chi connectivity index (χ1n) is 16.9. The minimum absolute atomic E-state index is 0.0287. The minimum Gasteiger partial charge on any atom is -0.462 e. The Hall–Kier alpha value is -2.30. The number of amides is 1. The van der Waals surface area contributed by atoms with Gasteiger partial charge in [0.05, 0.1) is 24.9 Å². The summed E-state index contributed by atoms with van der Waals surface area (Å²) in [7, 11) is 0. The van der Waals surface area contributed by atoms with Gasteiger partial charge in [0, 0.05) is 26.2 Å². The van der Waals surface area contributed by atoms with E-state index < -0.39 is 41.6 Å². The third-order valence-corrected chi connectivity index (χ3v) is 10.9. The second-order valence-corrected chi connectivity index (χ2v) is 14.3. The second kappa shape index (κ2) is 13.4. The van der Waals surface area contributed by atoms with Gasteiger partial charge < -0.3 is 34.5 Å². The third-order valence-electron chi connectivity index (χ3n) is 10.9. The van der Waals surface area contributed by atoms with Crippen LogP contribution in [0.2, 0.25) is 0 Å². The predicted octanol–water partition coefficient (Wildman–Crippen LogP) is 4.68. The zero-order valence-corrected chi connectivity index (χ0v) is 28.0. The van der Waals surface area contributed by atoms with Crippen LogP contribution in [0, 0.1) is 23.7 Å². The van der Waals surface area contributed by atoms with Gasteiger partial charge in [-0.05, 0) is 55.6 Å². The first kappa shape index (κ1) is 34.0. The Bertz CT molecular complexity index is 1250. The van der Waals surface area contributed by atoms with E-state index in [1.807, 2.05) is 26.0 Å². The van der Waals surface area contributed by atoms with Crippen LogP contribution in [0.1, 0.15) is 87.0 Å². The van der Waals surface area contributed by atoms with Crippen LogP contribution in [-0.4, -0.2) is 76.6 Å². The molecule has 4 heterocycles. The van der Waals surface area contributed by atoms with Gasteiger partial charge in [0.1, 0.15) is 29.8 Å². The Morgan fingerprint density at radius 1 is 1.18 bits per heavy atom. The standard InChI is InChI=1S/C36H53NO8/c1-8-20(2)32-23(5)14-15-35(45-32)18-28-17-27(44-35)13-12-22(4)30(37-25(7)38)21(3)10-9-11-26-19-42-33-31(39)24(6)16-29(34(40)43-28)36(26,33)41/h9-12,16,20-21,23,27-33,39,41H,8,13-15,17-19H2,1-7H3,(H,37,38)/b10-9+,22-12+,26-11+/t20-,21-,23-,27+,28-,29-,30+,31+,32+,33+,35+,36+/m0/s1. The zero-order valence-electron chi connectivity index (χ0n) is 28.0. The number of hydrogen-bond acceptors (Lipinski definition) is 8. The maximum atomic E-state index is 14.1. The van der Waals surface area contributed by atoms with Crippen molar-refractivity contribution in [3.63, 3.8) is 0 Å². The topological polar surface area (TPSA) is 124 Å². The van der Waals surface area contributed by atoms with Crippen LogP contribution in [-0.2, 0) is 28.5 Å². The van der Waals surface area contributed by atoms with Crippen molar-refractivity contribution in [1.29, 1.82) is 0 Å². The maximum absolute atomic E-state index is 14.1. The summed E-state index contributed by atoms with van der Waals surface area (Å²) in [5.41, 5.74) is 0.299. The fourth-order valence-corrected chi connectivity index (χ4v) is 8.03. The van der Waals surface area contributed by atoms with E-state index in [4.69, 9.17) is 18.9 Å². The van der Waals surface area contributed by atoms with Gasteiger partial charge in [0.15, 0.2) is 5.79 Å². The van der Waals surface area contributed by atoms with Crippen LogP contribution < -0.4 is 5.32 Å². The van der Waals surface area contributed by atoms with Gasteiger partial charge in [0.2, 0.25) is 5.91 Å². The van der Waals surface area contributed by atoms with Gasteiger partial charge in [-0.1, -0.05) is 70.1 Å². The number of carbonyl (C=O) groups is 2. The fourth-order valence-electron chi connectivity index (χ4n) is 8.03. The highest BCUT2D eigenvalue weighted by Gasteiger charge is 2.60. The average Bonchev–Trinajstić information content (AvgIpc) is 3.33. The van der Waals surface area contributed by atoms with E-state index in [1.165, 1.54) is 6.92 Å². The van der Waals surface area contributed by atoms with Crippen molar-refractivity contribution in [1.82, 2.24) is 5.32 Å². The molecule has 5 aliphatic rings. The monoisotopic (exact) mass is 627 g/mol. The predicted molar refractivity (Wildman–Crippen MR) is 170 cm³/mol. The summed E-state index contributed by atoms with van der Waals surface area (Å²) < 4.78 is 25.9. The molecule has 250 valence electrons. The maximum Gasteiger partial charge on any atom is 0.316 e. The summed E-state index contributed by atoms with van der Waals surface area (Å²) in [5.74, 6) is -1.94. The van der Waals surface area contributed by atoms with E-state index in [1.54, 1.807) is 19.1 Å². The normalized spacial score (nSPS) is 46.0. The smallest absolute Gasteiger partial charge is 0.316 e. The number of fused-ring (bicyclic) bond motifs is 2. The minimum atomic E-state index is -1.77. The lowest BCUT2D eigenvalue weighted by Gasteiger charge is -2.51. The summed E-state index contributed by atoms with van der Waals surface area (Å²) in [4.78, 5) is 26.3. The highest BCUT2D eigenvalue weighted by molar-refractivity contribution is 5.78. The third kappa shape index (κ3) is 6.75. The van der Waals surface area contributed by atoms with E-state index in [-0.39, 0.29) is 36.7 Å². The molecule has 3 fully saturated rings. The highest BCUT2D eigenvalue weighted by atomic mass is 16.7. The van der Waals surface area contributed by atoms with Gasteiger partial charge in [-0.15, -0.1) is 0 Å². The van der Waals surface area contributed by atoms with Crippen molar-refractivity contribution < 1.29 is 38.7 Å². The molecule has 3 N–H and O–H groups in total. The Morgan fingerprint density at radius 2 is 1.93 bits per heavy atom. The van der Waals surface area contributed by atoms with E-state index in [2.05, 4.69) is 32.2 Å². The Balaban J connectivity index is 1.56. The van der Waals surface area contributed by atoms with Crippen molar-refractivity contribution >= 4 is 11.9 Å². The number of nitrogens with one attached hydrogen (secondary N) is 1. The van der Waals surface area contributed by atoms with E-state index in [0.717, 1.165) is 18.4 Å². The van der Waals surface area contributed by atoms with Gasteiger partial charge in [-0.2, -0.15) is 0 Å². The molecule has 0 aromatic rings. The van der Waals surface area contributed by atoms with Gasteiger partial charge in [-0.3, -0.25) is 9.59 Å². The van der Waals surface area contributed by atoms with Crippen LogP contribution >= 0.6 is 0 Å². The van der Waals surface area contributed by atoms with Gasteiger partial charge >= 0.3 is 5.97 Å². The zero-order chi connectivity index (χ0) is 32.7. The number of allylic oxidation sites excluding steroid dienone is 2. The van der Waals surface area contributed by atoms with Crippen LogP contribution in [0.5, 0.6) is 0 Å². The molecule has 1 spiro atoms. The molecular weight excluding hydrogens is 574 g/mol. The first-order chi connectivity index (χ1) is 21.3. The second-order valence-electron chi connectivity index (χ2n) is 14.3. The Morgan fingerprint density at radius 3 is 2.64 bits per heavy atom. The molecule has 0 radical (unpaired) electrons. The number of aliphatic hydroxyl groups excluding tert-OH is 1. The molecule has 4 aliphatic heterocycles. The molecule has 0 saturated carbocycles. The summed E-state index contributed by atoms with van der Waals surface area (Å²) in [6, 6.07) is -0.247. The number of carbonyl (C=O) groups excluding carboxylic acids is 2. The van der Waals surface area contributed by atoms with Crippen LogP contribution in [0.3, 0.4) is 0 Å². The molecule has 9 nitrogen and oxygen atoms in total. The molecule has 9 heteroatoms. The first-order valence-corrected chi connectivity index (χ1v) is 16.9. The van der Waals surface area contributed by atoms with Crippen molar-refractivity contribution in [3.8, 4) is 0 Å². The SMILES string of the molecule is CC[C@H](C)[C@H]1O[C@]2(CC[C@@H]1C)C[C@@H]1C[C@@H](C/C=C(\C)[C@H](NC(C)=O)[C@@H](C)/C=C/C=C3\CO[C@@H]4[C@H](O)C(C)=C[C@@H](C(=O)O1)[C@]34O)O2. The van der Waals surface area contributed by atoms with Crippen LogP contribution in [0.4, 0.5) is 0 Å². The number of rotatable bonds is 3. The van der Waals surface area contributed by atoms with E-state index in [0.29, 0.717) is 48.7 Å². The number of hydrogen-bond donors (Lipinski definition) is 3. The number of aliphatic hydroxyl groups is 2. The fraction of sp³-hybridized carbons (Fsp3) is 0.722. The quantitative estimate of drug-likeness (QED) is 0.305. The molecule has 0 aromatic heterocycles. The molecule has 2 bridgehead atoms. The van der Waals surface area contributed by atoms with Crippen molar-refractivity contribution in [2.75, 3.05) is 6.61 Å². The molecule has 0 unspecified atom stereocenters. The number of esters is 1. The highest BCUT2D eigenvalue weighted by Crippen LogP contribution is 2.47. The molecule has 5 rings (SSSR count). The molecule has 0 aromatic carbocycles. The van der Waals surface area contributed by atoms with Crippen LogP contribution in [0.15, 0.2) is 47.1 Å². The van der Waals surface area contributed by atoms with E-state index >= 15 is 0 Å². The van der Waals surface area contributed by atoms with Gasteiger partial charge in [0.25, 0.3) is 0 Å². The van der Waals surface area contributed by atoms with Crippen LogP contribution in [0.25, 0.3) is 0 Å². The lowest BCUT2D eigenvalue weighted by Crippen LogP contribution is -2.58. The molecule has 3 saturated heterocycles. The van der Waals surface area contributed by atoms with Crippen molar-refractivity contribution in [2.45, 2.75) is 135 Å². The van der Waals surface area contributed by atoms with E-state index in [9.17, 15) is 19.8 Å². The summed E-state index contributed by atoms with van der Waals surface area (Å²) in [6.07, 6.45) is 10.6. The summed E-state index contributed by atoms with van der Waals surface area (Å²) in [5, 5.41) is 26.3. The lowest BCUT2D eigenvalue weighted by molar-refractivity contribution is -0.340. The number of ether oxygens (including phenoxy) is 4. The van der Waals surface area contributed by atoms with Crippen molar-refractivity contribution in [3.05, 3.63) is 47.1 Å². The molecule has 1 amide bonds. The summed E-state index contributed by atoms with van der Waals surface area (Å²) in [6.45, 7) is 14.0. The molecule has 1 aliphatic carbocycles. The average molecular weight is 628 g/mol. The largest absolute Gasteiger partial charge is 0.462 e. The molecule has 12 atom stereocenters. The summed E-state index contributed by atoms with van der Waals surface area (Å²) >= 11 is 0. The van der Waals surface area contributed by atoms with Gasteiger partial charge in [-0.25, -0.2) is 0 Å². The Kier molecular flexibility index (Phi) is 10.2. The molecule has 45 heavy (non-hydrogen) atoms. The molecular formula is C36H53NO8. The Labute approximate surface area is 268 Å².